The zero-order valence-corrected chi connectivity index (χ0v) is 21.4. The highest BCUT2D eigenvalue weighted by Crippen LogP contribution is 2.32. The lowest BCUT2D eigenvalue weighted by atomic mass is 9.98. The van der Waals surface area contributed by atoms with E-state index in [-0.39, 0.29) is 6.61 Å². The van der Waals surface area contributed by atoms with Gasteiger partial charge in [0.25, 0.3) is 0 Å². The van der Waals surface area contributed by atoms with E-state index in [4.69, 9.17) is 28.4 Å². The van der Waals surface area contributed by atoms with E-state index < -0.39 is 54.6 Å². The van der Waals surface area contributed by atoms with Gasteiger partial charge in [0, 0.05) is 27.7 Å². The van der Waals surface area contributed by atoms with E-state index in [1.165, 1.54) is 13.8 Å². The standard InChI is InChI=1S/C28H28O10/c1-15(29)33-14-24-25(34-16(2)30)26(35-17(3)31)27(36-18(4)32)28(38-24)37-23-10-9-21-11-19-7-5-6-8-20(19)12-22(21)13-23/h5-13,24-28H,14H2,1-4H3. The Hall–Kier alpha value is -4.18. The van der Waals surface area contributed by atoms with Gasteiger partial charge in [0.2, 0.25) is 12.4 Å². The van der Waals surface area contributed by atoms with Gasteiger partial charge in [0.15, 0.2) is 12.2 Å². The number of benzene rings is 3. The van der Waals surface area contributed by atoms with E-state index in [0.717, 1.165) is 35.4 Å². The Bertz CT molecular complexity index is 1370. The Morgan fingerprint density at radius 3 is 1.82 bits per heavy atom. The number of carbonyl (C=O) groups excluding carboxylic acids is 4. The van der Waals surface area contributed by atoms with Crippen LogP contribution in [0.4, 0.5) is 0 Å². The van der Waals surface area contributed by atoms with Gasteiger partial charge in [-0.15, -0.1) is 0 Å². The third-order valence-electron chi connectivity index (χ3n) is 5.88. The molecule has 200 valence electrons. The van der Waals surface area contributed by atoms with Crippen molar-refractivity contribution in [2.45, 2.75) is 58.4 Å². The molecule has 3 aromatic rings. The maximum Gasteiger partial charge on any atom is 0.303 e. The largest absolute Gasteiger partial charge is 0.463 e. The van der Waals surface area contributed by atoms with E-state index in [2.05, 4.69) is 6.07 Å². The molecule has 1 aliphatic rings. The summed E-state index contributed by atoms with van der Waals surface area (Å²) in [6.45, 7) is 4.38. The monoisotopic (exact) mass is 524 g/mol. The van der Waals surface area contributed by atoms with Crippen LogP contribution in [0.25, 0.3) is 21.5 Å². The molecule has 0 aliphatic carbocycles. The van der Waals surface area contributed by atoms with Gasteiger partial charge < -0.3 is 28.4 Å². The molecular weight excluding hydrogens is 496 g/mol. The Labute approximate surface area is 218 Å². The van der Waals surface area contributed by atoms with Crippen LogP contribution in [0.2, 0.25) is 0 Å². The number of ether oxygens (including phenoxy) is 6. The molecule has 4 rings (SSSR count). The minimum absolute atomic E-state index is 0.332. The van der Waals surface area contributed by atoms with Crippen molar-refractivity contribution in [2.75, 3.05) is 6.61 Å². The molecule has 1 fully saturated rings. The fourth-order valence-electron chi connectivity index (χ4n) is 4.41. The first-order chi connectivity index (χ1) is 18.1. The molecular formula is C28H28O10. The second kappa shape index (κ2) is 11.5. The number of hydrogen-bond acceptors (Lipinski definition) is 10. The summed E-state index contributed by atoms with van der Waals surface area (Å²) in [5.74, 6) is -2.33. The lowest BCUT2D eigenvalue weighted by molar-refractivity contribution is -0.288. The molecule has 0 aromatic heterocycles. The van der Waals surface area contributed by atoms with Crippen molar-refractivity contribution in [1.29, 1.82) is 0 Å². The molecule has 3 aromatic carbocycles. The molecule has 1 heterocycles. The minimum atomic E-state index is -1.30. The van der Waals surface area contributed by atoms with Gasteiger partial charge >= 0.3 is 23.9 Å². The Kier molecular flexibility index (Phi) is 8.11. The van der Waals surface area contributed by atoms with Crippen molar-refractivity contribution < 1.29 is 47.6 Å². The van der Waals surface area contributed by atoms with Crippen molar-refractivity contribution in [3.05, 3.63) is 54.6 Å². The van der Waals surface area contributed by atoms with Crippen LogP contribution in [0.1, 0.15) is 27.7 Å². The molecule has 0 spiro atoms. The smallest absolute Gasteiger partial charge is 0.303 e. The third kappa shape index (κ3) is 6.38. The molecule has 0 saturated carbocycles. The van der Waals surface area contributed by atoms with Crippen molar-refractivity contribution in [2.24, 2.45) is 0 Å². The van der Waals surface area contributed by atoms with Gasteiger partial charge in [-0.1, -0.05) is 30.3 Å². The van der Waals surface area contributed by atoms with E-state index in [0.29, 0.717) is 5.75 Å². The highest BCUT2D eigenvalue weighted by Gasteiger charge is 2.53. The highest BCUT2D eigenvalue weighted by molar-refractivity contribution is 5.98. The SMILES string of the molecule is CC(=O)OCC1OC(Oc2ccc3cc4ccccc4cc3c2)C(OC(C)=O)C(OC(C)=O)C1OC(C)=O. The molecule has 1 aliphatic heterocycles. The second-order valence-electron chi connectivity index (χ2n) is 8.89. The Morgan fingerprint density at radius 2 is 1.21 bits per heavy atom. The summed E-state index contributed by atoms with van der Waals surface area (Å²) in [5.41, 5.74) is 0. The molecule has 0 amide bonds. The van der Waals surface area contributed by atoms with Crippen LogP contribution in [-0.2, 0) is 42.9 Å². The van der Waals surface area contributed by atoms with Gasteiger partial charge in [-0.3, -0.25) is 19.2 Å². The Balaban J connectivity index is 1.71. The van der Waals surface area contributed by atoms with Gasteiger partial charge in [-0.05, 0) is 45.8 Å². The first-order valence-corrected chi connectivity index (χ1v) is 12.0. The highest BCUT2D eigenvalue weighted by atomic mass is 16.7. The molecule has 0 bridgehead atoms. The zero-order chi connectivity index (χ0) is 27.4. The van der Waals surface area contributed by atoms with Gasteiger partial charge in [0.1, 0.15) is 18.5 Å². The first-order valence-electron chi connectivity index (χ1n) is 12.0. The average Bonchev–Trinajstić information content (AvgIpc) is 2.84. The maximum atomic E-state index is 12.0. The summed E-state index contributed by atoms with van der Waals surface area (Å²) in [6.07, 6.45) is -6.24. The van der Waals surface area contributed by atoms with Crippen LogP contribution in [-0.4, -0.2) is 61.2 Å². The lowest BCUT2D eigenvalue weighted by Gasteiger charge is -2.43. The molecule has 1 saturated heterocycles. The predicted molar refractivity (Wildman–Crippen MR) is 134 cm³/mol. The topological polar surface area (TPSA) is 124 Å². The summed E-state index contributed by atoms with van der Waals surface area (Å²) in [6, 6.07) is 17.4. The number of carbonyl (C=O) groups is 4. The molecule has 38 heavy (non-hydrogen) atoms. The number of fused-ring (bicyclic) bond motifs is 2. The number of esters is 4. The van der Waals surface area contributed by atoms with Crippen LogP contribution in [0.5, 0.6) is 5.75 Å². The predicted octanol–water partition coefficient (Wildman–Crippen LogP) is 3.45. The van der Waals surface area contributed by atoms with Gasteiger partial charge in [-0.25, -0.2) is 0 Å². The average molecular weight is 525 g/mol. The molecule has 5 unspecified atom stereocenters. The maximum absolute atomic E-state index is 12.0. The van der Waals surface area contributed by atoms with Crippen molar-refractivity contribution in [1.82, 2.24) is 0 Å². The zero-order valence-electron chi connectivity index (χ0n) is 21.4. The molecule has 0 radical (unpaired) electrons. The van der Waals surface area contributed by atoms with Crippen LogP contribution in [0.15, 0.2) is 54.6 Å². The van der Waals surface area contributed by atoms with E-state index in [1.807, 2.05) is 36.4 Å². The summed E-state index contributed by atoms with van der Waals surface area (Å²) < 4.78 is 33.5. The summed E-state index contributed by atoms with van der Waals surface area (Å²) >= 11 is 0. The molecule has 10 heteroatoms. The summed E-state index contributed by atoms with van der Waals surface area (Å²) in [4.78, 5) is 47.4. The minimum Gasteiger partial charge on any atom is -0.463 e. The number of hydrogen-bond donors (Lipinski definition) is 0. The fourth-order valence-corrected chi connectivity index (χ4v) is 4.41. The van der Waals surface area contributed by atoms with Crippen LogP contribution >= 0.6 is 0 Å². The van der Waals surface area contributed by atoms with Crippen molar-refractivity contribution >= 4 is 45.4 Å². The van der Waals surface area contributed by atoms with Crippen LogP contribution in [0, 0.1) is 0 Å². The lowest BCUT2D eigenvalue weighted by Crippen LogP contribution is -2.63. The van der Waals surface area contributed by atoms with E-state index >= 15 is 0 Å². The molecule has 0 N–H and O–H groups in total. The number of rotatable bonds is 7. The van der Waals surface area contributed by atoms with Gasteiger partial charge in [-0.2, -0.15) is 0 Å². The van der Waals surface area contributed by atoms with Crippen molar-refractivity contribution in [3.63, 3.8) is 0 Å². The van der Waals surface area contributed by atoms with E-state index in [1.54, 1.807) is 12.1 Å². The fraction of sp³-hybridized carbons (Fsp3) is 0.357. The quantitative estimate of drug-likeness (QED) is 0.258. The molecule has 10 nitrogen and oxygen atoms in total. The first kappa shape index (κ1) is 26.9. The van der Waals surface area contributed by atoms with Crippen molar-refractivity contribution in [3.8, 4) is 5.75 Å². The normalized spacial score (nSPS) is 22.9. The second-order valence-corrected chi connectivity index (χ2v) is 8.89. The Morgan fingerprint density at radius 1 is 0.658 bits per heavy atom. The summed E-state index contributed by atoms with van der Waals surface area (Å²) in [5, 5.41) is 4.02. The third-order valence-corrected chi connectivity index (χ3v) is 5.88. The van der Waals surface area contributed by atoms with Crippen LogP contribution < -0.4 is 4.74 Å². The summed E-state index contributed by atoms with van der Waals surface area (Å²) in [7, 11) is 0. The van der Waals surface area contributed by atoms with Gasteiger partial charge in [0.05, 0.1) is 0 Å². The van der Waals surface area contributed by atoms with Crippen LogP contribution in [0.3, 0.4) is 0 Å². The molecule has 5 atom stereocenters. The van der Waals surface area contributed by atoms with E-state index in [9.17, 15) is 19.2 Å².